The van der Waals surface area contributed by atoms with Crippen LogP contribution in [0, 0.1) is 13.8 Å². The van der Waals surface area contributed by atoms with Crippen molar-refractivity contribution < 1.29 is 9.90 Å². The number of rotatable bonds is 7. The minimum atomic E-state index is -0.714. The lowest BCUT2D eigenvalue weighted by atomic mass is 10.1. The van der Waals surface area contributed by atoms with E-state index in [9.17, 15) is 4.79 Å². The highest BCUT2D eigenvalue weighted by atomic mass is 32.2. The average Bonchev–Trinajstić information content (AvgIpc) is 2.75. The lowest BCUT2D eigenvalue weighted by Crippen LogP contribution is -1.96. The topological polar surface area (TPSA) is 66.0 Å². The molecular formula is C15H20N2O2S. The molecule has 5 heteroatoms. The number of imidazole rings is 1. The van der Waals surface area contributed by atoms with Gasteiger partial charge in [0.05, 0.1) is 11.0 Å². The van der Waals surface area contributed by atoms with E-state index in [0.29, 0.717) is 0 Å². The number of H-pyrrole nitrogens is 1. The lowest BCUT2D eigenvalue weighted by molar-refractivity contribution is -0.137. The van der Waals surface area contributed by atoms with E-state index in [1.807, 2.05) is 0 Å². The van der Waals surface area contributed by atoms with Crippen LogP contribution in [0.3, 0.4) is 0 Å². The van der Waals surface area contributed by atoms with Gasteiger partial charge >= 0.3 is 5.97 Å². The molecular weight excluding hydrogens is 272 g/mol. The lowest BCUT2D eigenvalue weighted by Gasteiger charge is -1.98. The number of aryl methyl sites for hydroxylation is 3. The van der Waals surface area contributed by atoms with Crippen LogP contribution in [-0.4, -0.2) is 32.5 Å². The van der Waals surface area contributed by atoms with Crippen LogP contribution >= 0.6 is 11.8 Å². The first-order valence-corrected chi connectivity index (χ1v) is 7.97. The smallest absolute Gasteiger partial charge is 0.303 e. The van der Waals surface area contributed by atoms with Crippen LogP contribution in [0.1, 0.15) is 29.8 Å². The van der Waals surface area contributed by atoms with E-state index in [0.717, 1.165) is 41.2 Å². The number of aromatic nitrogens is 2. The van der Waals surface area contributed by atoms with Crippen LogP contribution in [0.4, 0.5) is 0 Å². The molecule has 0 amide bonds. The van der Waals surface area contributed by atoms with Crippen molar-refractivity contribution in [1.82, 2.24) is 9.97 Å². The summed E-state index contributed by atoms with van der Waals surface area (Å²) >= 11 is 1.78. The molecule has 2 N–H and O–H groups in total. The van der Waals surface area contributed by atoms with Crippen molar-refractivity contribution in [3.05, 3.63) is 29.1 Å². The number of thioether (sulfide) groups is 1. The highest BCUT2D eigenvalue weighted by molar-refractivity contribution is 7.99. The second kappa shape index (κ2) is 6.79. The van der Waals surface area contributed by atoms with Gasteiger partial charge in [0.15, 0.2) is 0 Å². The molecule has 20 heavy (non-hydrogen) atoms. The fourth-order valence-corrected chi connectivity index (χ4v) is 2.93. The zero-order chi connectivity index (χ0) is 14.5. The van der Waals surface area contributed by atoms with Crippen LogP contribution in [0.5, 0.6) is 0 Å². The second-order valence-electron chi connectivity index (χ2n) is 5.00. The maximum absolute atomic E-state index is 10.4. The summed E-state index contributed by atoms with van der Waals surface area (Å²) in [5, 5.41) is 8.55. The van der Waals surface area contributed by atoms with Gasteiger partial charge in [0.1, 0.15) is 5.82 Å². The Morgan fingerprint density at radius 3 is 2.80 bits per heavy atom. The largest absolute Gasteiger partial charge is 0.481 e. The quantitative estimate of drug-likeness (QED) is 0.768. The molecule has 108 valence electrons. The summed E-state index contributed by atoms with van der Waals surface area (Å²) in [7, 11) is 0. The van der Waals surface area contributed by atoms with Gasteiger partial charge in [-0.05, 0) is 49.3 Å². The number of hydrogen-bond acceptors (Lipinski definition) is 3. The van der Waals surface area contributed by atoms with Crippen molar-refractivity contribution in [3.8, 4) is 0 Å². The highest BCUT2D eigenvalue weighted by Gasteiger charge is 2.05. The molecule has 0 atom stereocenters. The van der Waals surface area contributed by atoms with Gasteiger partial charge in [0, 0.05) is 18.6 Å². The Morgan fingerprint density at radius 2 is 2.05 bits per heavy atom. The number of aliphatic carboxylic acids is 1. The molecule has 0 fully saturated rings. The molecule has 0 saturated heterocycles. The fourth-order valence-electron chi connectivity index (χ4n) is 2.04. The third-order valence-electron chi connectivity index (χ3n) is 3.31. The minimum Gasteiger partial charge on any atom is -0.481 e. The summed E-state index contributed by atoms with van der Waals surface area (Å²) in [6.45, 7) is 4.20. The van der Waals surface area contributed by atoms with Crippen LogP contribution in [0.2, 0.25) is 0 Å². The molecule has 0 spiro atoms. The first-order valence-electron chi connectivity index (χ1n) is 6.81. The zero-order valence-corrected chi connectivity index (χ0v) is 12.7. The molecule has 1 heterocycles. The van der Waals surface area contributed by atoms with Crippen LogP contribution < -0.4 is 0 Å². The number of benzene rings is 1. The number of hydrogen-bond donors (Lipinski definition) is 2. The van der Waals surface area contributed by atoms with Crippen molar-refractivity contribution >= 4 is 28.8 Å². The molecule has 0 aliphatic rings. The molecule has 1 aromatic carbocycles. The van der Waals surface area contributed by atoms with Gasteiger partial charge in [0.2, 0.25) is 0 Å². The van der Waals surface area contributed by atoms with E-state index in [1.165, 1.54) is 11.1 Å². The molecule has 1 aromatic heterocycles. The Bertz CT molecular complexity index is 568. The Kier molecular flexibility index (Phi) is 5.06. The van der Waals surface area contributed by atoms with Crippen molar-refractivity contribution in [3.63, 3.8) is 0 Å². The molecule has 0 aliphatic carbocycles. The third-order valence-corrected chi connectivity index (χ3v) is 4.38. The number of fused-ring (bicyclic) bond motifs is 1. The summed E-state index contributed by atoms with van der Waals surface area (Å²) < 4.78 is 0. The first kappa shape index (κ1) is 14.9. The Hall–Kier alpha value is -1.49. The molecule has 0 radical (unpaired) electrons. The maximum atomic E-state index is 10.4. The maximum Gasteiger partial charge on any atom is 0.303 e. The highest BCUT2D eigenvalue weighted by Crippen LogP contribution is 2.18. The Labute approximate surface area is 123 Å². The van der Waals surface area contributed by atoms with E-state index < -0.39 is 5.97 Å². The zero-order valence-electron chi connectivity index (χ0n) is 11.9. The van der Waals surface area contributed by atoms with Crippen LogP contribution in [-0.2, 0) is 11.2 Å². The molecule has 0 saturated carbocycles. The van der Waals surface area contributed by atoms with Crippen molar-refractivity contribution in [2.24, 2.45) is 0 Å². The summed E-state index contributed by atoms with van der Waals surface area (Å²) in [5.41, 5.74) is 4.66. The molecule has 4 nitrogen and oxygen atoms in total. The average molecular weight is 292 g/mol. The van der Waals surface area contributed by atoms with E-state index in [1.54, 1.807) is 11.8 Å². The van der Waals surface area contributed by atoms with Gasteiger partial charge in [-0.2, -0.15) is 11.8 Å². The van der Waals surface area contributed by atoms with Crippen molar-refractivity contribution in [2.75, 3.05) is 11.5 Å². The number of carboxylic acids is 1. The standard InChI is InChI=1S/C15H20N2O2S/c1-10-8-12-13(9-11(10)2)17-14(16-12)5-7-20-6-3-4-15(18)19/h8-9H,3-7H2,1-2H3,(H,16,17)(H,18,19). The normalized spacial score (nSPS) is 11.1. The molecule has 2 rings (SSSR count). The fraction of sp³-hybridized carbons (Fsp3) is 0.467. The number of carbonyl (C=O) groups is 1. The van der Waals surface area contributed by atoms with Gasteiger partial charge in [-0.1, -0.05) is 0 Å². The summed E-state index contributed by atoms with van der Waals surface area (Å²) in [4.78, 5) is 18.3. The number of nitrogens with zero attached hydrogens (tertiary/aromatic N) is 1. The van der Waals surface area contributed by atoms with Crippen LogP contribution in [0.25, 0.3) is 11.0 Å². The predicted molar refractivity (Wildman–Crippen MR) is 83.5 cm³/mol. The van der Waals surface area contributed by atoms with Gasteiger partial charge < -0.3 is 10.1 Å². The van der Waals surface area contributed by atoms with Crippen molar-refractivity contribution in [1.29, 1.82) is 0 Å². The van der Waals surface area contributed by atoms with E-state index >= 15 is 0 Å². The summed E-state index contributed by atoms with van der Waals surface area (Å²) in [5.74, 6) is 2.16. The Morgan fingerprint density at radius 1 is 1.30 bits per heavy atom. The monoisotopic (exact) mass is 292 g/mol. The van der Waals surface area contributed by atoms with Gasteiger partial charge in [-0.3, -0.25) is 4.79 Å². The summed E-state index contributed by atoms with van der Waals surface area (Å²) in [6.07, 6.45) is 1.89. The number of carboxylic acid groups (broad SMARTS) is 1. The predicted octanol–water partition coefficient (Wildman–Crippen LogP) is 3.32. The van der Waals surface area contributed by atoms with Gasteiger partial charge in [-0.15, -0.1) is 0 Å². The molecule has 0 aliphatic heterocycles. The summed E-state index contributed by atoms with van der Waals surface area (Å²) in [6, 6.07) is 4.26. The van der Waals surface area contributed by atoms with E-state index in [4.69, 9.17) is 5.11 Å². The molecule has 0 unspecified atom stereocenters. The number of aromatic amines is 1. The van der Waals surface area contributed by atoms with E-state index in [-0.39, 0.29) is 6.42 Å². The van der Waals surface area contributed by atoms with Crippen LogP contribution in [0.15, 0.2) is 12.1 Å². The minimum absolute atomic E-state index is 0.260. The van der Waals surface area contributed by atoms with Gasteiger partial charge in [0.25, 0.3) is 0 Å². The molecule has 2 aromatic rings. The van der Waals surface area contributed by atoms with Crippen molar-refractivity contribution in [2.45, 2.75) is 33.1 Å². The SMILES string of the molecule is Cc1cc2nc(CCSCCCC(=O)O)[nH]c2cc1C. The third kappa shape index (κ3) is 4.00. The number of nitrogens with one attached hydrogen (secondary N) is 1. The van der Waals surface area contributed by atoms with Gasteiger partial charge in [-0.25, -0.2) is 4.98 Å². The molecule has 0 bridgehead atoms. The van der Waals surface area contributed by atoms with E-state index in [2.05, 4.69) is 35.9 Å². The first-order chi connectivity index (χ1) is 9.56. The Balaban J connectivity index is 1.83. The second-order valence-corrected chi connectivity index (χ2v) is 6.22.